The van der Waals surface area contributed by atoms with E-state index in [2.05, 4.69) is 0 Å². The number of rotatable bonds is 4. The van der Waals surface area contributed by atoms with Crippen LogP contribution in [0.2, 0.25) is 10.0 Å². The number of sulfonamides is 1. The third kappa shape index (κ3) is 3.54. The van der Waals surface area contributed by atoms with Crippen LogP contribution in [-0.2, 0) is 25.2 Å². The Morgan fingerprint density at radius 3 is 2.36 bits per heavy atom. The highest BCUT2D eigenvalue weighted by molar-refractivity contribution is 7.93. The Balaban J connectivity index is 2.04. The molecule has 0 amide bonds. The maximum absolute atomic E-state index is 13.8. The van der Waals surface area contributed by atoms with Gasteiger partial charge in [0.05, 0.1) is 29.3 Å². The lowest BCUT2D eigenvalue weighted by molar-refractivity contribution is -0.146. The van der Waals surface area contributed by atoms with Crippen LogP contribution in [0.4, 0.5) is 5.69 Å². The van der Waals surface area contributed by atoms with Gasteiger partial charge in [-0.3, -0.25) is 0 Å². The average molecular weight is 503 g/mol. The predicted octanol–water partition coefficient (Wildman–Crippen LogP) is 3.85. The van der Waals surface area contributed by atoms with Gasteiger partial charge >= 0.3 is 5.97 Å². The molecule has 0 saturated carbocycles. The topological polar surface area (TPSA) is 108 Å². The van der Waals surface area contributed by atoms with Crippen LogP contribution in [0.5, 0.6) is 0 Å². The number of hydrogen-bond donors (Lipinski definition) is 1. The van der Waals surface area contributed by atoms with Crippen molar-refractivity contribution >= 4 is 44.9 Å². The minimum absolute atomic E-state index is 0.0431. The van der Waals surface area contributed by atoms with Gasteiger partial charge < -0.3 is 9.84 Å². The molecule has 0 spiro atoms. The number of nitriles is 1. The molecule has 3 aromatic carbocycles. The van der Waals surface area contributed by atoms with E-state index in [9.17, 15) is 18.3 Å². The van der Waals surface area contributed by atoms with Gasteiger partial charge in [-0.1, -0.05) is 41.4 Å². The standard InChI is InChI=1S/C23H16Cl2N2O5S/c1-32-22(28)21-23(29,17-4-2-3-5-19(17)25)18-12-15(24)8-11-20(18)27(21)33(30,31)16-9-6-14(13-26)7-10-16/h2-12,21,29H,1H3. The van der Waals surface area contributed by atoms with Crippen LogP contribution >= 0.6 is 23.2 Å². The molecule has 33 heavy (non-hydrogen) atoms. The first kappa shape index (κ1) is 23.1. The average Bonchev–Trinajstić information content (AvgIpc) is 3.08. The lowest BCUT2D eigenvalue weighted by Crippen LogP contribution is -2.53. The molecular weight excluding hydrogens is 487 g/mol. The molecule has 1 N–H and O–H groups in total. The fourth-order valence-electron chi connectivity index (χ4n) is 3.99. The normalized spacial score (nSPS) is 19.6. The second-order valence-electron chi connectivity index (χ2n) is 7.27. The van der Waals surface area contributed by atoms with E-state index in [1.807, 2.05) is 6.07 Å². The van der Waals surface area contributed by atoms with Crippen molar-refractivity contribution in [2.75, 3.05) is 11.4 Å². The van der Waals surface area contributed by atoms with Gasteiger partial charge in [-0.15, -0.1) is 0 Å². The number of carbonyl (C=O) groups excluding carboxylic acids is 1. The van der Waals surface area contributed by atoms with E-state index in [0.717, 1.165) is 11.4 Å². The van der Waals surface area contributed by atoms with Crippen molar-refractivity contribution in [3.8, 4) is 6.07 Å². The second kappa shape index (κ2) is 8.36. The maximum Gasteiger partial charge on any atom is 0.333 e. The van der Waals surface area contributed by atoms with Crippen LogP contribution in [-0.4, -0.2) is 32.6 Å². The molecule has 10 heteroatoms. The number of fused-ring (bicyclic) bond motifs is 1. The van der Waals surface area contributed by atoms with Crippen LogP contribution in [0.1, 0.15) is 16.7 Å². The summed E-state index contributed by atoms with van der Waals surface area (Å²) in [5.41, 5.74) is -1.70. The summed E-state index contributed by atoms with van der Waals surface area (Å²) in [6.45, 7) is 0. The SMILES string of the molecule is COC(=O)C1N(S(=O)(=O)c2ccc(C#N)cc2)c2ccc(Cl)cc2C1(O)c1ccccc1Cl. The maximum atomic E-state index is 13.8. The molecule has 1 heterocycles. The molecule has 0 radical (unpaired) electrons. The zero-order valence-corrected chi connectivity index (χ0v) is 19.4. The molecule has 0 aromatic heterocycles. The predicted molar refractivity (Wildman–Crippen MR) is 123 cm³/mol. The molecule has 0 aliphatic carbocycles. The van der Waals surface area contributed by atoms with E-state index in [0.29, 0.717) is 0 Å². The van der Waals surface area contributed by atoms with Crippen LogP contribution in [0.25, 0.3) is 0 Å². The van der Waals surface area contributed by atoms with Crippen molar-refractivity contribution in [1.29, 1.82) is 5.26 Å². The van der Waals surface area contributed by atoms with E-state index < -0.39 is 27.6 Å². The zero-order chi connectivity index (χ0) is 24.0. The summed E-state index contributed by atoms with van der Waals surface area (Å²) in [5, 5.41) is 21.4. The van der Waals surface area contributed by atoms with E-state index in [1.165, 1.54) is 54.6 Å². The highest BCUT2D eigenvalue weighted by Crippen LogP contribution is 2.52. The Morgan fingerprint density at radius 2 is 1.76 bits per heavy atom. The van der Waals surface area contributed by atoms with Crippen molar-refractivity contribution in [1.82, 2.24) is 0 Å². The van der Waals surface area contributed by atoms with Gasteiger partial charge in [0.25, 0.3) is 10.0 Å². The first-order valence-corrected chi connectivity index (χ1v) is 11.8. The van der Waals surface area contributed by atoms with Gasteiger partial charge in [0.1, 0.15) is 0 Å². The number of carbonyl (C=O) groups is 1. The molecule has 1 aliphatic heterocycles. The van der Waals surface area contributed by atoms with Gasteiger partial charge in [0.15, 0.2) is 11.6 Å². The molecule has 1 aliphatic rings. The number of aliphatic hydroxyl groups is 1. The molecule has 2 unspecified atom stereocenters. The van der Waals surface area contributed by atoms with Crippen molar-refractivity contribution in [3.63, 3.8) is 0 Å². The molecular formula is C23H16Cl2N2O5S. The van der Waals surface area contributed by atoms with Crippen LogP contribution in [0.3, 0.4) is 0 Å². The molecule has 0 bridgehead atoms. The van der Waals surface area contributed by atoms with Gasteiger partial charge in [-0.25, -0.2) is 17.5 Å². The molecule has 0 saturated heterocycles. The number of ether oxygens (including phenoxy) is 1. The first-order valence-electron chi connectivity index (χ1n) is 9.56. The highest BCUT2D eigenvalue weighted by atomic mass is 35.5. The van der Waals surface area contributed by atoms with E-state index >= 15 is 0 Å². The highest BCUT2D eigenvalue weighted by Gasteiger charge is 2.60. The molecule has 168 valence electrons. The number of benzene rings is 3. The molecule has 3 aromatic rings. The quantitative estimate of drug-likeness (QED) is 0.542. The third-order valence-corrected chi connectivity index (χ3v) is 7.84. The van der Waals surface area contributed by atoms with Crippen molar-refractivity contribution < 1.29 is 23.1 Å². The van der Waals surface area contributed by atoms with E-state index in [1.54, 1.807) is 12.1 Å². The largest absolute Gasteiger partial charge is 0.467 e. The van der Waals surface area contributed by atoms with Crippen molar-refractivity contribution in [2.45, 2.75) is 16.5 Å². The van der Waals surface area contributed by atoms with Gasteiger partial charge in [0.2, 0.25) is 0 Å². The Labute approximate surface area is 200 Å². The van der Waals surface area contributed by atoms with Crippen LogP contribution in [0.15, 0.2) is 71.6 Å². The molecule has 4 rings (SSSR count). The summed E-state index contributed by atoms with van der Waals surface area (Å²) in [6, 6.07) is 15.9. The fourth-order valence-corrected chi connectivity index (χ4v) is 6.08. The first-order chi connectivity index (χ1) is 15.7. The van der Waals surface area contributed by atoms with Gasteiger partial charge in [0, 0.05) is 21.2 Å². The lowest BCUT2D eigenvalue weighted by atomic mass is 9.82. The summed E-state index contributed by atoms with van der Waals surface area (Å²) < 4.78 is 33.3. The Hall–Kier alpha value is -3.09. The van der Waals surface area contributed by atoms with Gasteiger partial charge in [-0.05, 0) is 48.5 Å². The Bertz CT molecular complexity index is 1400. The molecule has 2 atom stereocenters. The molecule has 0 fully saturated rings. The van der Waals surface area contributed by atoms with E-state index in [-0.39, 0.29) is 37.3 Å². The number of halogens is 2. The fraction of sp³-hybridized carbons (Fsp3) is 0.130. The zero-order valence-electron chi connectivity index (χ0n) is 17.1. The summed E-state index contributed by atoms with van der Waals surface area (Å²) in [4.78, 5) is 12.9. The summed E-state index contributed by atoms with van der Waals surface area (Å²) in [7, 11) is -3.31. The van der Waals surface area contributed by atoms with Crippen LogP contribution < -0.4 is 4.31 Å². The Morgan fingerprint density at radius 1 is 1.09 bits per heavy atom. The third-order valence-electron chi connectivity index (χ3n) is 5.49. The summed E-state index contributed by atoms with van der Waals surface area (Å²) in [5.74, 6) is -0.998. The number of hydrogen-bond acceptors (Lipinski definition) is 6. The molecule has 7 nitrogen and oxygen atoms in total. The van der Waals surface area contributed by atoms with Crippen molar-refractivity contribution in [2.24, 2.45) is 0 Å². The number of methoxy groups -OCH3 is 1. The minimum Gasteiger partial charge on any atom is -0.467 e. The number of nitrogens with zero attached hydrogens (tertiary/aromatic N) is 2. The number of esters is 1. The Kier molecular flexibility index (Phi) is 5.85. The minimum atomic E-state index is -4.41. The van der Waals surface area contributed by atoms with Crippen LogP contribution in [0, 0.1) is 11.3 Å². The lowest BCUT2D eigenvalue weighted by Gasteiger charge is -2.33. The number of anilines is 1. The second-order valence-corrected chi connectivity index (χ2v) is 9.93. The monoisotopic (exact) mass is 502 g/mol. The summed E-state index contributed by atoms with van der Waals surface area (Å²) in [6.07, 6.45) is 0. The van der Waals surface area contributed by atoms with Crippen molar-refractivity contribution in [3.05, 3.63) is 93.5 Å². The smallest absolute Gasteiger partial charge is 0.333 e. The summed E-state index contributed by atoms with van der Waals surface area (Å²) >= 11 is 12.6. The van der Waals surface area contributed by atoms with Gasteiger partial charge in [-0.2, -0.15) is 5.26 Å². The van der Waals surface area contributed by atoms with E-state index in [4.69, 9.17) is 33.2 Å².